The van der Waals surface area contributed by atoms with Crippen molar-refractivity contribution in [2.24, 2.45) is 11.8 Å². The topological polar surface area (TPSA) is 33.0 Å². The first kappa shape index (κ1) is 27.3. The summed E-state index contributed by atoms with van der Waals surface area (Å²) < 4.78 is 5.97. The van der Waals surface area contributed by atoms with E-state index in [4.69, 9.17) is 4.74 Å². The second-order valence-corrected chi connectivity index (χ2v) is 10.6. The van der Waals surface area contributed by atoms with Gasteiger partial charge in [-0.1, -0.05) is 102 Å². The van der Waals surface area contributed by atoms with Crippen LogP contribution in [0.25, 0.3) is 11.1 Å². The van der Waals surface area contributed by atoms with Gasteiger partial charge in [0.2, 0.25) is 0 Å². The fraction of sp³-hybridized carbons (Fsp3) is 0.606. The van der Waals surface area contributed by atoms with Crippen molar-refractivity contribution in [3.63, 3.8) is 0 Å². The lowest BCUT2D eigenvalue weighted by Gasteiger charge is -2.31. The third-order valence-electron chi connectivity index (χ3n) is 7.94. The van der Waals surface area contributed by atoms with E-state index < -0.39 is 0 Å². The van der Waals surface area contributed by atoms with Gasteiger partial charge in [-0.05, 0) is 79.2 Å². The summed E-state index contributed by atoms with van der Waals surface area (Å²) >= 11 is 0. The minimum absolute atomic E-state index is 0.260. The van der Waals surface area contributed by atoms with Crippen LogP contribution in [0.2, 0.25) is 0 Å². The van der Waals surface area contributed by atoms with E-state index in [1.807, 2.05) is 0 Å². The molecule has 0 aliphatic heterocycles. The highest BCUT2D eigenvalue weighted by atomic mass is 16.5. The van der Waals surface area contributed by atoms with Crippen LogP contribution in [0.1, 0.15) is 115 Å². The quantitative estimate of drug-likeness (QED) is 0.241. The molecule has 35 heavy (non-hydrogen) atoms. The van der Waals surface area contributed by atoms with Crippen LogP contribution in [0.15, 0.2) is 48.5 Å². The maximum absolute atomic E-state index is 9.49. The largest absolute Gasteiger partial charge is 0.494 e. The molecule has 1 aliphatic rings. The van der Waals surface area contributed by atoms with Gasteiger partial charge in [0.15, 0.2) is 0 Å². The SMILES string of the molecule is CCCCCCCCCCOc1ccc(-c2ccc([C@H]3CC[C@H](C(C#N)CCC)CC3)cc2)cc1. The standard InChI is InChI=1S/C33H47NO/c1-3-5-6-7-8-9-10-11-25-35-33-23-21-30(22-24-33)29-15-13-27(14-16-29)28-17-19-31(20-18-28)32(26-34)12-4-2/h13-16,21-24,28,31-32H,3-12,17-20,25H2,1-2H3/t28-,31-,32?. The van der Waals surface area contributed by atoms with E-state index in [1.165, 1.54) is 87.3 Å². The molecular formula is C33H47NO. The number of nitrogens with zero attached hydrogens (tertiary/aromatic N) is 1. The molecule has 1 fully saturated rings. The normalized spacial score (nSPS) is 18.7. The van der Waals surface area contributed by atoms with Crippen molar-refractivity contribution in [3.05, 3.63) is 54.1 Å². The molecule has 0 aromatic heterocycles. The van der Waals surface area contributed by atoms with E-state index in [9.17, 15) is 5.26 Å². The molecular weight excluding hydrogens is 426 g/mol. The molecule has 2 aromatic rings. The van der Waals surface area contributed by atoms with Gasteiger partial charge in [-0.15, -0.1) is 0 Å². The van der Waals surface area contributed by atoms with E-state index in [1.54, 1.807) is 0 Å². The van der Waals surface area contributed by atoms with Crippen LogP contribution in [-0.4, -0.2) is 6.61 Å². The molecule has 0 heterocycles. The minimum atomic E-state index is 0.260. The predicted molar refractivity (Wildman–Crippen MR) is 149 cm³/mol. The van der Waals surface area contributed by atoms with Crippen molar-refractivity contribution in [1.82, 2.24) is 0 Å². The van der Waals surface area contributed by atoms with Crippen molar-refractivity contribution >= 4 is 0 Å². The first-order chi connectivity index (χ1) is 17.2. The third kappa shape index (κ3) is 9.03. The Labute approximate surface area is 215 Å². The predicted octanol–water partition coefficient (Wildman–Crippen LogP) is 10.1. The molecule has 0 amide bonds. The molecule has 190 valence electrons. The Bertz CT molecular complexity index is 855. The monoisotopic (exact) mass is 473 g/mol. The molecule has 0 bridgehead atoms. The number of hydrogen-bond donors (Lipinski definition) is 0. The molecule has 1 aliphatic carbocycles. The summed E-state index contributed by atoms with van der Waals surface area (Å²) in [6.45, 7) is 5.28. The lowest BCUT2D eigenvalue weighted by molar-refractivity contribution is 0.259. The second-order valence-electron chi connectivity index (χ2n) is 10.6. The van der Waals surface area contributed by atoms with Crippen molar-refractivity contribution in [3.8, 4) is 22.9 Å². The first-order valence-corrected chi connectivity index (χ1v) is 14.5. The molecule has 0 spiro atoms. The van der Waals surface area contributed by atoms with Gasteiger partial charge in [-0.25, -0.2) is 0 Å². The van der Waals surface area contributed by atoms with Crippen molar-refractivity contribution in [1.29, 1.82) is 5.26 Å². The van der Waals surface area contributed by atoms with E-state index in [0.717, 1.165) is 31.6 Å². The molecule has 1 atom stereocenters. The average molecular weight is 474 g/mol. The van der Waals surface area contributed by atoms with Crippen LogP contribution in [0.5, 0.6) is 5.75 Å². The fourth-order valence-corrected chi connectivity index (χ4v) is 5.69. The zero-order valence-corrected chi connectivity index (χ0v) is 22.3. The summed E-state index contributed by atoms with van der Waals surface area (Å²) in [5.41, 5.74) is 3.97. The highest BCUT2D eigenvalue weighted by molar-refractivity contribution is 5.64. The molecule has 3 rings (SSSR count). The Morgan fingerprint density at radius 1 is 0.743 bits per heavy atom. The highest BCUT2D eigenvalue weighted by Gasteiger charge is 2.27. The number of rotatable bonds is 15. The van der Waals surface area contributed by atoms with Crippen molar-refractivity contribution in [2.75, 3.05) is 6.61 Å². The lowest BCUT2D eigenvalue weighted by atomic mass is 9.73. The summed E-state index contributed by atoms with van der Waals surface area (Å²) in [5, 5.41) is 9.49. The molecule has 0 N–H and O–H groups in total. The minimum Gasteiger partial charge on any atom is -0.494 e. The third-order valence-corrected chi connectivity index (χ3v) is 7.94. The summed E-state index contributed by atoms with van der Waals surface area (Å²) in [6, 6.07) is 20.3. The Kier molecular flexibility index (Phi) is 12.2. The van der Waals surface area contributed by atoms with E-state index in [2.05, 4.69) is 68.4 Å². The van der Waals surface area contributed by atoms with E-state index in [0.29, 0.717) is 11.8 Å². The average Bonchev–Trinajstić information content (AvgIpc) is 2.91. The number of ether oxygens (including phenoxy) is 1. The fourth-order valence-electron chi connectivity index (χ4n) is 5.69. The summed E-state index contributed by atoms with van der Waals surface area (Å²) in [6.07, 6.45) is 17.6. The van der Waals surface area contributed by atoms with Crippen LogP contribution in [0.4, 0.5) is 0 Å². The molecule has 0 saturated heterocycles. The van der Waals surface area contributed by atoms with Gasteiger partial charge >= 0.3 is 0 Å². The number of nitriles is 1. The number of hydrogen-bond acceptors (Lipinski definition) is 2. The number of unbranched alkanes of at least 4 members (excludes halogenated alkanes) is 7. The Balaban J connectivity index is 1.39. The first-order valence-electron chi connectivity index (χ1n) is 14.5. The Morgan fingerprint density at radius 3 is 1.89 bits per heavy atom. The molecule has 0 radical (unpaired) electrons. The molecule has 1 saturated carbocycles. The van der Waals surface area contributed by atoms with Crippen molar-refractivity contribution in [2.45, 2.75) is 110 Å². The molecule has 2 nitrogen and oxygen atoms in total. The molecule has 1 unspecified atom stereocenters. The van der Waals surface area contributed by atoms with Crippen LogP contribution in [0.3, 0.4) is 0 Å². The van der Waals surface area contributed by atoms with Gasteiger partial charge < -0.3 is 4.74 Å². The smallest absolute Gasteiger partial charge is 0.119 e. The Hall–Kier alpha value is -2.27. The van der Waals surface area contributed by atoms with Gasteiger partial charge in [0, 0.05) is 5.92 Å². The molecule has 2 heteroatoms. The van der Waals surface area contributed by atoms with Gasteiger partial charge in [-0.2, -0.15) is 5.26 Å². The lowest BCUT2D eigenvalue weighted by Crippen LogP contribution is -2.20. The number of benzene rings is 2. The van der Waals surface area contributed by atoms with E-state index >= 15 is 0 Å². The molecule has 2 aromatic carbocycles. The maximum atomic E-state index is 9.49. The van der Waals surface area contributed by atoms with E-state index in [-0.39, 0.29) is 5.92 Å². The second kappa shape index (κ2) is 15.7. The zero-order chi connectivity index (χ0) is 24.7. The van der Waals surface area contributed by atoms with Gasteiger partial charge in [0.25, 0.3) is 0 Å². The summed E-state index contributed by atoms with van der Waals surface area (Å²) in [5.74, 6) is 2.49. The Morgan fingerprint density at radius 2 is 1.31 bits per heavy atom. The van der Waals surface area contributed by atoms with Crippen LogP contribution in [-0.2, 0) is 0 Å². The maximum Gasteiger partial charge on any atom is 0.119 e. The van der Waals surface area contributed by atoms with Gasteiger partial charge in [0.1, 0.15) is 5.75 Å². The van der Waals surface area contributed by atoms with Crippen LogP contribution in [0, 0.1) is 23.2 Å². The van der Waals surface area contributed by atoms with Crippen molar-refractivity contribution < 1.29 is 4.74 Å². The zero-order valence-electron chi connectivity index (χ0n) is 22.3. The summed E-state index contributed by atoms with van der Waals surface area (Å²) in [7, 11) is 0. The van der Waals surface area contributed by atoms with Crippen LogP contribution >= 0.6 is 0 Å². The summed E-state index contributed by atoms with van der Waals surface area (Å²) in [4.78, 5) is 0. The van der Waals surface area contributed by atoms with Crippen LogP contribution < -0.4 is 4.74 Å². The van der Waals surface area contributed by atoms with Gasteiger partial charge in [-0.3, -0.25) is 0 Å². The van der Waals surface area contributed by atoms with Gasteiger partial charge in [0.05, 0.1) is 12.7 Å². The highest BCUT2D eigenvalue weighted by Crippen LogP contribution is 2.40.